The topological polar surface area (TPSA) is 47.6 Å². The molecule has 0 unspecified atom stereocenters. The third-order valence-electron chi connectivity index (χ3n) is 3.67. The number of unbranched alkanes of at least 4 members (excludes halogenated alkanes) is 1. The van der Waals surface area contributed by atoms with Crippen LogP contribution in [0.5, 0.6) is 5.75 Å². The van der Waals surface area contributed by atoms with Crippen LogP contribution in [-0.2, 0) is 11.2 Å². The number of aryl methyl sites for hydroxylation is 1. The monoisotopic (exact) mass is 345 g/mol. The Bertz CT molecular complexity index is 656. The van der Waals surface area contributed by atoms with Gasteiger partial charge in [-0.25, -0.2) is 9.18 Å². The summed E-state index contributed by atoms with van der Waals surface area (Å²) in [6, 6.07) is 13.3. The first kappa shape index (κ1) is 18.8. The minimum atomic E-state index is -0.741. The Morgan fingerprint density at radius 1 is 1.08 bits per heavy atom. The van der Waals surface area contributed by atoms with Gasteiger partial charge in [-0.15, -0.1) is 0 Å². The van der Waals surface area contributed by atoms with E-state index in [1.165, 1.54) is 29.8 Å². The van der Waals surface area contributed by atoms with E-state index in [1.54, 1.807) is 0 Å². The lowest BCUT2D eigenvalue weighted by molar-refractivity contribution is -0.0282. The van der Waals surface area contributed by atoms with Crippen molar-refractivity contribution >= 4 is 11.8 Å². The highest BCUT2D eigenvalue weighted by Gasteiger charge is 2.14. The molecule has 2 aromatic carbocycles. The summed E-state index contributed by atoms with van der Waals surface area (Å²) < 4.78 is 23.7. The lowest BCUT2D eigenvalue weighted by atomic mass is 10.1. The predicted octanol–water partition coefficient (Wildman–Crippen LogP) is 5.53. The Kier molecular flexibility index (Phi) is 7.26. The summed E-state index contributed by atoms with van der Waals surface area (Å²) in [7, 11) is 0. The average molecular weight is 345 g/mol. The van der Waals surface area contributed by atoms with E-state index >= 15 is 0 Å². The zero-order valence-electron chi connectivity index (χ0n) is 14.6. The van der Waals surface area contributed by atoms with Gasteiger partial charge in [0.1, 0.15) is 11.6 Å². The van der Waals surface area contributed by atoms with Crippen LogP contribution in [-0.4, -0.2) is 12.4 Å². The first-order valence-electron chi connectivity index (χ1n) is 8.59. The second-order valence-electron chi connectivity index (χ2n) is 5.74. The van der Waals surface area contributed by atoms with Gasteiger partial charge in [0.25, 0.3) is 0 Å². The first-order valence-corrected chi connectivity index (χ1v) is 8.59. The number of amides is 1. The summed E-state index contributed by atoms with van der Waals surface area (Å²) in [5.41, 5.74) is 1.91. The average Bonchev–Trinajstić information content (AvgIpc) is 2.62. The van der Waals surface area contributed by atoms with Crippen LogP contribution in [0.2, 0.25) is 0 Å². The molecule has 0 heterocycles. The Morgan fingerprint density at radius 3 is 2.36 bits per heavy atom. The van der Waals surface area contributed by atoms with Crippen molar-refractivity contribution < 1.29 is 18.7 Å². The second kappa shape index (κ2) is 9.67. The van der Waals surface area contributed by atoms with E-state index in [2.05, 4.69) is 12.2 Å². The second-order valence-corrected chi connectivity index (χ2v) is 5.74. The minimum Gasteiger partial charge on any atom is -0.455 e. The highest BCUT2D eigenvalue weighted by molar-refractivity contribution is 5.84. The quantitative estimate of drug-likeness (QED) is 0.640. The number of hydrogen-bond acceptors (Lipinski definition) is 3. The molecular formula is C20H24FNO3. The Morgan fingerprint density at radius 2 is 1.76 bits per heavy atom. The van der Waals surface area contributed by atoms with Gasteiger partial charge in [-0.05, 0) is 54.8 Å². The molecule has 134 valence electrons. The molecule has 1 N–H and O–H groups in total. The molecule has 0 spiro atoms. The van der Waals surface area contributed by atoms with Crippen LogP contribution >= 0.6 is 0 Å². The molecule has 0 aliphatic rings. The van der Waals surface area contributed by atoms with Crippen LogP contribution in [0.15, 0.2) is 48.5 Å². The number of anilines is 1. The van der Waals surface area contributed by atoms with Gasteiger partial charge in [0, 0.05) is 12.1 Å². The number of hydrogen-bond donors (Lipinski definition) is 1. The summed E-state index contributed by atoms with van der Waals surface area (Å²) in [4.78, 5) is 12.0. The molecular weight excluding hydrogens is 321 g/mol. The lowest BCUT2D eigenvalue weighted by Gasteiger charge is -2.18. The van der Waals surface area contributed by atoms with Crippen molar-refractivity contribution in [2.75, 3.05) is 5.32 Å². The maximum Gasteiger partial charge on any atom is 0.414 e. The standard InChI is InChI=1S/C20H24FNO3/c1-3-5-6-15-7-11-17(12-8-15)22-20(23)25-19(4-2)24-18-13-9-16(21)10-14-18/h7-14,19H,3-6H2,1-2H3,(H,22,23)/t19-/m1/s1. The van der Waals surface area contributed by atoms with Crippen LogP contribution in [0.25, 0.3) is 0 Å². The fourth-order valence-corrected chi connectivity index (χ4v) is 2.26. The SMILES string of the molecule is CCCCc1ccc(NC(=O)O[C@H](CC)Oc2ccc(F)cc2)cc1. The largest absolute Gasteiger partial charge is 0.455 e. The minimum absolute atomic E-state index is 0.346. The molecule has 0 aliphatic carbocycles. The molecule has 4 nitrogen and oxygen atoms in total. The lowest BCUT2D eigenvalue weighted by Crippen LogP contribution is -2.26. The van der Waals surface area contributed by atoms with E-state index in [1.807, 2.05) is 31.2 Å². The highest BCUT2D eigenvalue weighted by atomic mass is 19.1. The summed E-state index contributed by atoms with van der Waals surface area (Å²) in [6.45, 7) is 3.99. The first-order chi connectivity index (χ1) is 12.1. The molecule has 5 heteroatoms. The molecule has 0 aromatic heterocycles. The van der Waals surface area contributed by atoms with Crippen LogP contribution in [0.1, 0.15) is 38.7 Å². The van der Waals surface area contributed by atoms with Crippen molar-refractivity contribution in [3.8, 4) is 5.75 Å². The van der Waals surface area contributed by atoms with Gasteiger partial charge in [0.15, 0.2) is 0 Å². The molecule has 2 rings (SSSR count). The molecule has 25 heavy (non-hydrogen) atoms. The van der Waals surface area contributed by atoms with Gasteiger partial charge < -0.3 is 9.47 Å². The van der Waals surface area contributed by atoms with E-state index in [4.69, 9.17) is 9.47 Å². The maximum absolute atomic E-state index is 12.9. The van der Waals surface area contributed by atoms with Gasteiger partial charge in [-0.1, -0.05) is 32.4 Å². The molecule has 0 aliphatic heterocycles. The number of carbonyl (C=O) groups excluding carboxylic acids is 1. The summed E-state index contributed by atoms with van der Waals surface area (Å²) in [6.07, 6.45) is 2.47. The molecule has 0 radical (unpaired) electrons. The van der Waals surface area contributed by atoms with Crippen LogP contribution < -0.4 is 10.1 Å². The van der Waals surface area contributed by atoms with E-state index < -0.39 is 12.4 Å². The fraction of sp³-hybridized carbons (Fsp3) is 0.350. The van der Waals surface area contributed by atoms with Crippen LogP contribution in [0.4, 0.5) is 14.9 Å². The van der Waals surface area contributed by atoms with E-state index in [0.717, 1.165) is 19.3 Å². The van der Waals surface area contributed by atoms with Crippen molar-refractivity contribution in [2.24, 2.45) is 0 Å². The van der Waals surface area contributed by atoms with Crippen molar-refractivity contribution in [3.63, 3.8) is 0 Å². The number of nitrogens with one attached hydrogen (secondary N) is 1. The third-order valence-corrected chi connectivity index (χ3v) is 3.67. The molecule has 0 fully saturated rings. The number of carbonyl (C=O) groups is 1. The zero-order valence-corrected chi connectivity index (χ0v) is 14.6. The van der Waals surface area contributed by atoms with Crippen molar-refractivity contribution in [1.29, 1.82) is 0 Å². The van der Waals surface area contributed by atoms with Gasteiger partial charge in [0.2, 0.25) is 6.29 Å². The predicted molar refractivity (Wildman–Crippen MR) is 96.3 cm³/mol. The molecule has 2 aromatic rings. The Balaban J connectivity index is 1.85. The number of benzene rings is 2. The van der Waals surface area contributed by atoms with Gasteiger partial charge >= 0.3 is 6.09 Å². The third kappa shape index (κ3) is 6.45. The van der Waals surface area contributed by atoms with E-state index in [0.29, 0.717) is 17.9 Å². The van der Waals surface area contributed by atoms with Gasteiger partial charge in [0.05, 0.1) is 0 Å². The number of ether oxygens (including phenoxy) is 2. The molecule has 0 bridgehead atoms. The summed E-state index contributed by atoms with van der Waals surface area (Å²) in [5, 5.41) is 2.68. The molecule has 0 saturated carbocycles. The van der Waals surface area contributed by atoms with Gasteiger partial charge in [-0.2, -0.15) is 0 Å². The highest BCUT2D eigenvalue weighted by Crippen LogP contribution is 2.16. The molecule has 1 amide bonds. The van der Waals surface area contributed by atoms with Crippen molar-refractivity contribution in [1.82, 2.24) is 0 Å². The summed E-state index contributed by atoms with van der Waals surface area (Å²) >= 11 is 0. The summed E-state index contributed by atoms with van der Waals surface area (Å²) in [5.74, 6) is 0.0998. The molecule has 1 atom stereocenters. The van der Waals surface area contributed by atoms with Gasteiger partial charge in [-0.3, -0.25) is 5.32 Å². The zero-order chi connectivity index (χ0) is 18.1. The maximum atomic E-state index is 12.9. The number of rotatable bonds is 8. The number of halogens is 1. The van der Waals surface area contributed by atoms with Crippen molar-refractivity contribution in [2.45, 2.75) is 45.8 Å². The Labute approximate surface area is 148 Å². The molecule has 0 saturated heterocycles. The fourth-order valence-electron chi connectivity index (χ4n) is 2.26. The Hall–Kier alpha value is -2.56. The normalized spacial score (nSPS) is 11.6. The smallest absolute Gasteiger partial charge is 0.414 e. The van der Waals surface area contributed by atoms with Crippen LogP contribution in [0, 0.1) is 5.82 Å². The van der Waals surface area contributed by atoms with E-state index in [9.17, 15) is 9.18 Å². The van der Waals surface area contributed by atoms with Crippen molar-refractivity contribution in [3.05, 3.63) is 59.9 Å². The van der Waals surface area contributed by atoms with E-state index in [-0.39, 0.29) is 5.82 Å². The van der Waals surface area contributed by atoms with Crippen LogP contribution in [0.3, 0.4) is 0 Å².